The molecule has 17 heavy (non-hydrogen) atoms. The van der Waals surface area contributed by atoms with Gasteiger partial charge in [-0.25, -0.2) is 0 Å². The van der Waals surface area contributed by atoms with Crippen LogP contribution in [-0.2, 0) is 4.79 Å². The van der Waals surface area contributed by atoms with Crippen molar-refractivity contribution in [3.8, 4) is 0 Å². The molecular formula is C13H26N2O2. The summed E-state index contributed by atoms with van der Waals surface area (Å²) in [6.07, 6.45) is 3.63. The Labute approximate surface area is 104 Å². The molecule has 0 spiro atoms. The van der Waals surface area contributed by atoms with E-state index in [9.17, 15) is 9.90 Å². The van der Waals surface area contributed by atoms with Gasteiger partial charge in [-0.2, -0.15) is 0 Å². The predicted octanol–water partition coefficient (Wildman–Crippen LogP) is 1.04. The maximum Gasteiger partial charge on any atom is 0.234 e. The molecule has 3 N–H and O–H groups in total. The number of hydrogen-bond acceptors (Lipinski definition) is 3. The number of carbonyl (C=O) groups is 1. The zero-order chi connectivity index (χ0) is 12.9. The van der Waals surface area contributed by atoms with Crippen LogP contribution in [-0.4, -0.2) is 35.7 Å². The average Bonchev–Trinajstić information content (AvgIpc) is 2.63. The van der Waals surface area contributed by atoms with Crippen LogP contribution in [0.1, 0.15) is 46.5 Å². The summed E-state index contributed by atoms with van der Waals surface area (Å²) in [5, 5.41) is 15.5. The second kappa shape index (κ2) is 6.36. The van der Waals surface area contributed by atoms with E-state index < -0.39 is 0 Å². The summed E-state index contributed by atoms with van der Waals surface area (Å²) >= 11 is 0. The Hall–Kier alpha value is -0.610. The van der Waals surface area contributed by atoms with Crippen molar-refractivity contribution >= 4 is 5.91 Å². The molecule has 1 aliphatic rings. The van der Waals surface area contributed by atoms with Crippen LogP contribution < -0.4 is 10.6 Å². The molecule has 0 aromatic heterocycles. The van der Waals surface area contributed by atoms with Crippen LogP contribution in [0, 0.1) is 5.92 Å². The van der Waals surface area contributed by atoms with Crippen LogP contribution in [0.25, 0.3) is 0 Å². The lowest BCUT2D eigenvalue weighted by atomic mass is 10.0. The molecule has 2 unspecified atom stereocenters. The molecule has 1 rings (SSSR count). The first-order valence-corrected chi connectivity index (χ1v) is 6.62. The summed E-state index contributed by atoms with van der Waals surface area (Å²) < 4.78 is 0. The number of amides is 1. The van der Waals surface area contributed by atoms with E-state index in [2.05, 4.69) is 17.6 Å². The maximum atomic E-state index is 11.6. The number of carbonyl (C=O) groups excluding carboxylic acids is 1. The average molecular weight is 242 g/mol. The Kier molecular flexibility index (Phi) is 5.40. The molecule has 4 heteroatoms. The number of aliphatic hydroxyl groups is 1. The fraction of sp³-hybridized carbons (Fsp3) is 0.923. The summed E-state index contributed by atoms with van der Waals surface area (Å²) in [6, 6.07) is 0. The monoisotopic (exact) mass is 242 g/mol. The van der Waals surface area contributed by atoms with E-state index in [1.54, 1.807) is 0 Å². The molecule has 0 saturated heterocycles. The Balaban J connectivity index is 2.12. The van der Waals surface area contributed by atoms with E-state index in [4.69, 9.17) is 0 Å². The van der Waals surface area contributed by atoms with E-state index in [0.717, 1.165) is 32.2 Å². The second-order valence-corrected chi connectivity index (χ2v) is 5.75. The zero-order valence-corrected chi connectivity index (χ0v) is 11.3. The molecule has 100 valence electrons. The molecule has 0 radical (unpaired) electrons. The SMILES string of the molecule is CCC(C)(C)NC(=O)CNCC1CCC(O)C1. The van der Waals surface area contributed by atoms with Crippen LogP contribution in [0.2, 0.25) is 0 Å². The van der Waals surface area contributed by atoms with Gasteiger partial charge in [0.05, 0.1) is 12.6 Å². The van der Waals surface area contributed by atoms with Crippen LogP contribution >= 0.6 is 0 Å². The highest BCUT2D eigenvalue weighted by atomic mass is 16.3. The fourth-order valence-corrected chi connectivity index (χ4v) is 2.13. The normalized spacial score (nSPS) is 24.9. The molecule has 2 atom stereocenters. The molecule has 1 amide bonds. The van der Waals surface area contributed by atoms with Crippen LogP contribution in [0.3, 0.4) is 0 Å². The van der Waals surface area contributed by atoms with Gasteiger partial charge in [0.25, 0.3) is 0 Å². The molecule has 0 aromatic rings. The number of aliphatic hydroxyl groups excluding tert-OH is 1. The van der Waals surface area contributed by atoms with Crippen LogP contribution in [0.15, 0.2) is 0 Å². The van der Waals surface area contributed by atoms with Crippen molar-refractivity contribution in [2.24, 2.45) is 5.92 Å². The van der Waals surface area contributed by atoms with Crippen molar-refractivity contribution in [1.82, 2.24) is 10.6 Å². The topological polar surface area (TPSA) is 61.4 Å². The number of hydrogen-bond donors (Lipinski definition) is 3. The van der Waals surface area contributed by atoms with Gasteiger partial charge in [-0.1, -0.05) is 6.92 Å². The Morgan fingerprint density at radius 2 is 2.12 bits per heavy atom. The minimum atomic E-state index is -0.130. The lowest BCUT2D eigenvalue weighted by Gasteiger charge is -2.24. The third kappa shape index (κ3) is 5.50. The summed E-state index contributed by atoms with van der Waals surface area (Å²) in [4.78, 5) is 11.6. The highest BCUT2D eigenvalue weighted by Crippen LogP contribution is 2.24. The van der Waals surface area contributed by atoms with Crippen molar-refractivity contribution in [1.29, 1.82) is 0 Å². The number of nitrogens with one attached hydrogen (secondary N) is 2. The lowest BCUT2D eigenvalue weighted by Crippen LogP contribution is -2.46. The highest BCUT2D eigenvalue weighted by Gasteiger charge is 2.22. The fourth-order valence-electron chi connectivity index (χ4n) is 2.13. The molecule has 0 aliphatic heterocycles. The third-order valence-corrected chi connectivity index (χ3v) is 3.59. The largest absolute Gasteiger partial charge is 0.393 e. The molecular weight excluding hydrogens is 216 g/mol. The number of rotatable bonds is 6. The van der Waals surface area contributed by atoms with Crippen LogP contribution in [0.5, 0.6) is 0 Å². The van der Waals surface area contributed by atoms with E-state index in [0.29, 0.717) is 12.5 Å². The van der Waals surface area contributed by atoms with Crippen molar-refractivity contribution in [2.45, 2.75) is 58.1 Å². The first kappa shape index (κ1) is 14.5. The smallest absolute Gasteiger partial charge is 0.234 e. The van der Waals surface area contributed by atoms with Gasteiger partial charge in [-0.05, 0) is 52.0 Å². The minimum Gasteiger partial charge on any atom is -0.393 e. The van der Waals surface area contributed by atoms with Gasteiger partial charge in [0.1, 0.15) is 0 Å². The van der Waals surface area contributed by atoms with Gasteiger partial charge in [0.2, 0.25) is 5.91 Å². The van der Waals surface area contributed by atoms with E-state index in [1.165, 1.54) is 0 Å². The lowest BCUT2D eigenvalue weighted by molar-refractivity contribution is -0.121. The molecule has 1 aliphatic carbocycles. The van der Waals surface area contributed by atoms with Crippen LogP contribution in [0.4, 0.5) is 0 Å². The molecule has 0 bridgehead atoms. The summed E-state index contributed by atoms with van der Waals surface area (Å²) in [5.41, 5.74) is -0.123. The van der Waals surface area contributed by atoms with Gasteiger partial charge in [-0.3, -0.25) is 4.79 Å². The summed E-state index contributed by atoms with van der Waals surface area (Å²) in [7, 11) is 0. The molecule has 1 saturated carbocycles. The van der Waals surface area contributed by atoms with Gasteiger partial charge in [0, 0.05) is 5.54 Å². The quantitative estimate of drug-likeness (QED) is 0.652. The van der Waals surface area contributed by atoms with Crippen molar-refractivity contribution < 1.29 is 9.90 Å². The summed E-state index contributed by atoms with van der Waals surface area (Å²) in [5.74, 6) is 0.576. The van der Waals surface area contributed by atoms with Gasteiger partial charge >= 0.3 is 0 Å². The van der Waals surface area contributed by atoms with Gasteiger partial charge < -0.3 is 15.7 Å². The Morgan fingerprint density at radius 3 is 2.65 bits per heavy atom. The first-order chi connectivity index (χ1) is 7.93. The predicted molar refractivity (Wildman–Crippen MR) is 68.7 cm³/mol. The van der Waals surface area contributed by atoms with Crippen molar-refractivity contribution in [2.75, 3.05) is 13.1 Å². The minimum absolute atomic E-state index is 0.0513. The maximum absolute atomic E-state index is 11.6. The first-order valence-electron chi connectivity index (χ1n) is 6.62. The van der Waals surface area contributed by atoms with E-state index in [1.807, 2.05) is 13.8 Å². The van der Waals surface area contributed by atoms with Gasteiger partial charge in [0.15, 0.2) is 0 Å². The Bertz CT molecular complexity index is 254. The molecule has 4 nitrogen and oxygen atoms in total. The van der Waals surface area contributed by atoms with Gasteiger partial charge in [-0.15, -0.1) is 0 Å². The summed E-state index contributed by atoms with van der Waals surface area (Å²) in [6.45, 7) is 7.32. The second-order valence-electron chi connectivity index (χ2n) is 5.75. The standard InChI is InChI=1S/C13H26N2O2/c1-4-13(2,3)15-12(17)9-14-8-10-5-6-11(16)7-10/h10-11,14,16H,4-9H2,1-3H3,(H,15,17). The Morgan fingerprint density at radius 1 is 1.41 bits per heavy atom. The highest BCUT2D eigenvalue weighted by molar-refractivity contribution is 5.78. The van der Waals surface area contributed by atoms with E-state index in [-0.39, 0.29) is 17.6 Å². The van der Waals surface area contributed by atoms with E-state index >= 15 is 0 Å². The van der Waals surface area contributed by atoms with Crippen molar-refractivity contribution in [3.63, 3.8) is 0 Å². The molecule has 0 heterocycles. The molecule has 1 fully saturated rings. The third-order valence-electron chi connectivity index (χ3n) is 3.59. The van der Waals surface area contributed by atoms with Crippen molar-refractivity contribution in [3.05, 3.63) is 0 Å². The zero-order valence-electron chi connectivity index (χ0n) is 11.3. The molecule has 0 aromatic carbocycles.